The molecule has 1 atom stereocenters. The van der Waals surface area contributed by atoms with Gasteiger partial charge in [0.25, 0.3) is 11.8 Å². The molecule has 184 valence electrons. The summed E-state index contributed by atoms with van der Waals surface area (Å²) in [6.45, 7) is 4.09. The van der Waals surface area contributed by atoms with Crippen LogP contribution in [0.2, 0.25) is 0 Å². The van der Waals surface area contributed by atoms with Gasteiger partial charge in [0, 0.05) is 25.6 Å². The number of hydrogen-bond donors (Lipinski definition) is 1. The SMILES string of the molecule is C=Nc1ccc(F)cc1OCNCC1N(C(=O)c2ccc(C)c(F)c2-n2nccn2)CCC1(F)F. The van der Waals surface area contributed by atoms with Crippen molar-refractivity contribution in [3.63, 3.8) is 0 Å². The van der Waals surface area contributed by atoms with Crippen molar-refractivity contribution < 1.29 is 27.1 Å². The summed E-state index contributed by atoms with van der Waals surface area (Å²) in [7, 11) is 0. The minimum Gasteiger partial charge on any atom is -0.476 e. The molecule has 1 amide bonds. The molecule has 0 radical (unpaired) electrons. The van der Waals surface area contributed by atoms with E-state index in [2.05, 4.69) is 27.2 Å². The van der Waals surface area contributed by atoms with E-state index in [1.165, 1.54) is 43.6 Å². The molecule has 35 heavy (non-hydrogen) atoms. The first-order valence-corrected chi connectivity index (χ1v) is 10.7. The predicted molar refractivity (Wildman–Crippen MR) is 120 cm³/mol. The summed E-state index contributed by atoms with van der Waals surface area (Å²) in [4.78, 5) is 19.0. The van der Waals surface area contributed by atoms with Crippen LogP contribution >= 0.6 is 0 Å². The van der Waals surface area contributed by atoms with Crippen molar-refractivity contribution in [1.82, 2.24) is 25.2 Å². The van der Waals surface area contributed by atoms with Gasteiger partial charge in [-0.15, -0.1) is 4.80 Å². The maximum Gasteiger partial charge on any atom is 0.271 e. The highest BCUT2D eigenvalue weighted by molar-refractivity contribution is 5.98. The first-order chi connectivity index (χ1) is 16.7. The van der Waals surface area contributed by atoms with Gasteiger partial charge in [0.2, 0.25) is 0 Å². The van der Waals surface area contributed by atoms with E-state index < -0.39 is 35.9 Å². The van der Waals surface area contributed by atoms with E-state index in [9.17, 15) is 22.4 Å². The average molecular weight is 490 g/mol. The molecule has 3 aromatic rings. The number of alkyl halides is 2. The zero-order chi connectivity index (χ0) is 25.2. The molecule has 0 saturated carbocycles. The lowest BCUT2D eigenvalue weighted by molar-refractivity contribution is -0.0299. The Balaban J connectivity index is 1.52. The second-order valence-electron chi connectivity index (χ2n) is 7.95. The Hall–Kier alpha value is -3.80. The second-order valence-corrected chi connectivity index (χ2v) is 7.95. The Kier molecular flexibility index (Phi) is 6.83. The molecule has 1 aliphatic heterocycles. The van der Waals surface area contributed by atoms with Gasteiger partial charge in [-0.25, -0.2) is 17.6 Å². The molecule has 2 heterocycles. The number of halogens is 4. The van der Waals surface area contributed by atoms with Gasteiger partial charge in [-0.3, -0.25) is 15.1 Å². The average Bonchev–Trinajstić information content (AvgIpc) is 3.46. The fourth-order valence-corrected chi connectivity index (χ4v) is 3.90. The molecule has 1 saturated heterocycles. The fraction of sp³-hybridized carbons (Fsp3) is 0.304. The molecular formula is C23H22F4N6O2. The molecule has 1 fully saturated rings. The van der Waals surface area contributed by atoms with E-state index in [0.29, 0.717) is 0 Å². The Morgan fingerprint density at radius 1 is 1.26 bits per heavy atom. The van der Waals surface area contributed by atoms with Crippen molar-refractivity contribution in [3.05, 3.63) is 65.5 Å². The van der Waals surface area contributed by atoms with Gasteiger partial charge >= 0.3 is 0 Å². The largest absolute Gasteiger partial charge is 0.476 e. The van der Waals surface area contributed by atoms with E-state index in [0.717, 1.165) is 15.8 Å². The molecule has 1 aliphatic rings. The van der Waals surface area contributed by atoms with Crippen LogP contribution in [0.3, 0.4) is 0 Å². The lowest BCUT2D eigenvalue weighted by Crippen LogP contribution is -2.49. The molecule has 0 aliphatic carbocycles. The van der Waals surface area contributed by atoms with E-state index in [1.807, 2.05) is 0 Å². The van der Waals surface area contributed by atoms with Crippen molar-refractivity contribution >= 4 is 18.3 Å². The number of aryl methyl sites for hydroxylation is 1. The third kappa shape index (κ3) is 4.87. The van der Waals surface area contributed by atoms with Crippen LogP contribution in [0.5, 0.6) is 5.75 Å². The molecule has 8 nitrogen and oxygen atoms in total. The van der Waals surface area contributed by atoms with Gasteiger partial charge in [0.1, 0.15) is 35.7 Å². The number of aromatic nitrogens is 3. The van der Waals surface area contributed by atoms with Crippen LogP contribution < -0.4 is 10.1 Å². The predicted octanol–water partition coefficient (Wildman–Crippen LogP) is 3.66. The first-order valence-electron chi connectivity index (χ1n) is 10.7. The maximum atomic E-state index is 14.9. The molecule has 4 rings (SSSR count). The summed E-state index contributed by atoms with van der Waals surface area (Å²) >= 11 is 0. The number of aliphatic imine (C=N–C) groups is 1. The standard InChI is InChI=1S/C23H22F4N6O2/c1-14-3-5-16(21(20(14)25)33-30-8-9-31-33)22(34)32-10-7-23(26,27)19(32)12-29-13-35-18-11-15(24)4-6-17(18)28-2/h3-6,8-9,11,19,29H,2,7,10,12-13H2,1H3. The Labute approximate surface area is 198 Å². The van der Waals surface area contributed by atoms with Gasteiger partial charge in [-0.2, -0.15) is 10.2 Å². The molecule has 12 heteroatoms. The molecular weight excluding hydrogens is 468 g/mol. The van der Waals surface area contributed by atoms with Crippen molar-refractivity contribution in [2.24, 2.45) is 4.99 Å². The first kappa shape index (κ1) is 24.3. The monoisotopic (exact) mass is 490 g/mol. The van der Waals surface area contributed by atoms with Crippen molar-refractivity contribution in [2.45, 2.75) is 25.3 Å². The molecule has 1 unspecified atom stereocenters. The van der Waals surface area contributed by atoms with Gasteiger partial charge in [0.05, 0.1) is 18.0 Å². The molecule has 0 bridgehead atoms. The van der Waals surface area contributed by atoms with Gasteiger partial charge in [-0.1, -0.05) is 6.07 Å². The third-order valence-corrected chi connectivity index (χ3v) is 5.73. The van der Waals surface area contributed by atoms with Crippen LogP contribution in [-0.2, 0) is 0 Å². The maximum absolute atomic E-state index is 14.9. The number of benzene rings is 2. The quantitative estimate of drug-likeness (QED) is 0.226. The number of ether oxygens (including phenoxy) is 1. The Bertz CT molecular complexity index is 1230. The number of likely N-dealkylation sites (tertiary alicyclic amines) is 1. The minimum atomic E-state index is -3.19. The number of carbonyl (C=O) groups is 1. The second kappa shape index (κ2) is 9.82. The smallest absolute Gasteiger partial charge is 0.271 e. The molecule has 1 N–H and O–H groups in total. The van der Waals surface area contributed by atoms with E-state index in [1.54, 1.807) is 0 Å². The van der Waals surface area contributed by atoms with E-state index >= 15 is 0 Å². The summed E-state index contributed by atoms with van der Waals surface area (Å²) < 4.78 is 63.3. The van der Waals surface area contributed by atoms with Gasteiger partial charge < -0.3 is 9.64 Å². The zero-order valence-corrected chi connectivity index (χ0v) is 18.7. The number of carbonyl (C=O) groups excluding carboxylic acids is 1. The summed E-state index contributed by atoms with van der Waals surface area (Å²) in [6.07, 6.45) is 2.08. The van der Waals surface area contributed by atoms with Crippen LogP contribution in [0.15, 0.2) is 47.7 Å². The van der Waals surface area contributed by atoms with Crippen molar-refractivity contribution in [2.75, 3.05) is 19.8 Å². The summed E-state index contributed by atoms with van der Waals surface area (Å²) in [5.74, 6) is -5.15. The number of nitrogens with zero attached hydrogens (tertiary/aromatic N) is 5. The topological polar surface area (TPSA) is 84.6 Å². The number of rotatable bonds is 8. The zero-order valence-electron chi connectivity index (χ0n) is 18.7. The van der Waals surface area contributed by atoms with Crippen LogP contribution in [0.4, 0.5) is 23.2 Å². The molecule has 0 spiro atoms. The van der Waals surface area contributed by atoms with Gasteiger partial charge in [-0.05, 0) is 37.4 Å². The highest BCUT2D eigenvalue weighted by Crippen LogP contribution is 2.36. The lowest BCUT2D eigenvalue weighted by atomic mass is 10.1. The molecule has 2 aromatic carbocycles. The highest BCUT2D eigenvalue weighted by atomic mass is 19.3. The fourth-order valence-electron chi connectivity index (χ4n) is 3.90. The summed E-state index contributed by atoms with van der Waals surface area (Å²) in [6, 6.07) is 4.91. The van der Waals surface area contributed by atoms with Crippen LogP contribution in [-0.4, -0.2) is 64.3 Å². The lowest BCUT2D eigenvalue weighted by Gasteiger charge is -2.28. The van der Waals surface area contributed by atoms with Crippen molar-refractivity contribution in [3.8, 4) is 11.4 Å². The Morgan fingerprint density at radius 3 is 2.71 bits per heavy atom. The van der Waals surface area contributed by atoms with E-state index in [4.69, 9.17) is 4.74 Å². The van der Waals surface area contributed by atoms with E-state index in [-0.39, 0.29) is 48.1 Å². The third-order valence-electron chi connectivity index (χ3n) is 5.73. The van der Waals surface area contributed by atoms with Crippen LogP contribution in [0.1, 0.15) is 22.3 Å². The highest BCUT2D eigenvalue weighted by Gasteiger charge is 2.50. The van der Waals surface area contributed by atoms with Crippen LogP contribution in [0.25, 0.3) is 5.69 Å². The molecule has 1 aromatic heterocycles. The Morgan fingerprint density at radius 2 is 2.00 bits per heavy atom. The van der Waals surface area contributed by atoms with Gasteiger partial charge in [0.15, 0.2) is 5.82 Å². The summed E-state index contributed by atoms with van der Waals surface area (Å²) in [5.41, 5.74) is 0.199. The van der Waals surface area contributed by atoms with Crippen LogP contribution in [0, 0.1) is 18.6 Å². The summed E-state index contributed by atoms with van der Waals surface area (Å²) in [5, 5.41) is 10.5. The number of amides is 1. The van der Waals surface area contributed by atoms with Crippen molar-refractivity contribution in [1.29, 1.82) is 0 Å². The number of hydrogen-bond acceptors (Lipinski definition) is 6. The normalized spacial score (nSPS) is 16.9. The number of nitrogens with one attached hydrogen (secondary N) is 1. The minimum absolute atomic E-state index is 0.0881.